The molecule has 5 heteroatoms. The third-order valence-electron chi connectivity index (χ3n) is 5.19. The molecule has 0 spiro atoms. The van der Waals surface area contributed by atoms with Crippen LogP contribution in [0.25, 0.3) is 22.3 Å². The highest BCUT2D eigenvalue weighted by molar-refractivity contribution is 5.87. The summed E-state index contributed by atoms with van der Waals surface area (Å²) in [4.78, 5) is 4.92. The molecule has 0 radical (unpaired) electrons. The molecule has 1 N–H and O–H groups in total. The lowest BCUT2D eigenvalue weighted by molar-refractivity contribution is 0.255. The van der Waals surface area contributed by atoms with Crippen molar-refractivity contribution >= 4 is 10.9 Å². The Bertz CT molecular complexity index is 952. The molecule has 0 saturated carbocycles. The number of hydrogen-bond acceptors (Lipinski definition) is 4. The average molecular weight is 334 g/mol. The zero-order valence-electron chi connectivity index (χ0n) is 14.7. The number of hydrogen-bond donors (Lipinski definition) is 1. The number of nitrogens with zero attached hydrogens (tertiary/aromatic N) is 3. The van der Waals surface area contributed by atoms with E-state index in [1.165, 1.54) is 22.2 Å². The first-order valence-electron chi connectivity index (χ1n) is 9.06. The summed E-state index contributed by atoms with van der Waals surface area (Å²) in [6, 6.07) is 8.65. The predicted molar refractivity (Wildman–Crippen MR) is 97.8 cm³/mol. The van der Waals surface area contributed by atoms with Gasteiger partial charge < -0.3 is 10.1 Å². The highest BCUT2D eigenvalue weighted by Gasteiger charge is 2.21. The second-order valence-electron chi connectivity index (χ2n) is 7.21. The minimum Gasteiger partial charge on any atom is -0.490 e. The first-order chi connectivity index (χ1) is 12.2. The number of aryl methyl sites for hydroxylation is 2. The normalized spacial score (nSPS) is 19.4. The fourth-order valence-electron chi connectivity index (χ4n) is 3.92. The Morgan fingerprint density at radius 3 is 3.04 bits per heavy atom. The van der Waals surface area contributed by atoms with Crippen molar-refractivity contribution in [3.63, 3.8) is 0 Å². The van der Waals surface area contributed by atoms with Gasteiger partial charge in [0.2, 0.25) is 0 Å². The Morgan fingerprint density at radius 1 is 1.20 bits per heavy atom. The smallest absolute Gasteiger partial charge is 0.123 e. The number of ether oxygens (including phenoxy) is 1. The van der Waals surface area contributed by atoms with Gasteiger partial charge in [-0.15, -0.1) is 0 Å². The standard InChI is InChI=1S/C20H22N4O/c1-12-6-18(19-9-15-11-21-4-3-5-24(15)23-19)22-17-8-14-7-13(2)25-20(14)10-16(12)17/h6,8-10,13,21H,3-5,7,11H2,1-2H3. The SMILES string of the molecule is Cc1cc(-c2cc3n(n2)CCCNC3)nc2cc3c(cc12)OC(C)C3. The Kier molecular flexibility index (Phi) is 3.31. The zero-order valence-corrected chi connectivity index (χ0v) is 14.7. The molecule has 1 unspecified atom stereocenters. The first kappa shape index (κ1) is 14.9. The molecule has 5 nitrogen and oxygen atoms in total. The molecule has 1 aromatic carbocycles. The Balaban J connectivity index is 1.62. The fraction of sp³-hybridized carbons (Fsp3) is 0.400. The van der Waals surface area contributed by atoms with Gasteiger partial charge in [0, 0.05) is 24.9 Å². The Labute approximate surface area is 147 Å². The molecular weight excluding hydrogens is 312 g/mol. The van der Waals surface area contributed by atoms with E-state index in [-0.39, 0.29) is 6.10 Å². The number of aromatic nitrogens is 3. The molecule has 0 bridgehead atoms. The van der Waals surface area contributed by atoms with Crippen molar-refractivity contribution in [2.45, 2.75) is 45.9 Å². The summed E-state index contributed by atoms with van der Waals surface area (Å²) in [5.41, 5.74) is 6.67. The molecule has 25 heavy (non-hydrogen) atoms. The third-order valence-corrected chi connectivity index (χ3v) is 5.19. The number of fused-ring (bicyclic) bond motifs is 3. The lowest BCUT2D eigenvalue weighted by atomic mass is 10.0. The molecule has 0 saturated heterocycles. The van der Waals surface area contributed by atoms with Crippen molar-refractivity contribution in [2.75, 3.05) is 6.54 Å². The predicted octanol–water partition coefficient (Wildman–Crippen LogP) is 3.22. The molecule has 3 aromatic rings. The van der Waals surface area contributed by atoms with Crippen LogP contribution in [0.15, 0.2) is 24.3 Å². The summed E-state index contributed by atoms with van der Waals surface area (Å²) in [7, 11) is 0. The quantitative estimate of drug-likeness (QED) is 0.742. The second-order valence-corrected chi connectivity index (χ2v) is 7.21. The first-order valence-corrected chi connectivity index (χ1v) is 9.06. The van der Waals surface area contributed by atoms with E-state index in [0.29, 0.717) is 0 Å². The van der Waals surface area contributed by atoms with E-state index in [0.717, 1.165) is 55.1 Å². The number of nitrogens with one attached hydrogen (secondary N) is 1. The van der Waals surface area contributed by atoms with Crippen LogP contribution in [0.1, 0.15) is 30.2 Å². The van der Waals surface area contributed by atoms with Crippen LogP contribution in [0, 0.1) is 6.92 Å². The Hall–Kier alpha value is -2.40. The van der Waals surface area contributed by atoms with Crippen LogP contribution < -0.4 is 10.1 Å². The largest absolute Gasteiger partial charge is 0.490 e. The van der Waals surface area contributed by atoms with Gasteiger partial charge in [-0.3, -0.25) is 4.68 Å². The minimum atomic E-state index is 0.253. The van der Waals surface area contributed by atoms with Crippen LogP contribution in [-0.4, -0.2) is 27.4 Å². The summed E-state index contributed by atoms with van der Waals surface area (Å²) in [6.07, 6.45) is 2.33. The van der Waals surface area contributed by atoms with E-state index in [9.17, 15) is 0 Å². The molecule has 2 aliphatic heterocycles. The van der Waals surface area contributed by atoms with Gasteiger partial charge in [-0.2, -0.15) is 5.10 Å². The van der Waals surface area contributed by atoms with Crippen molar-refractivity contribution in [2.24, 2.45) is 0 Å². The summed E-state index contributed by atoms with van der Waals surface area (Å²) in [5.74, 6) is 1.01. The van der Waals surface area contributed by atoms with E-state index in [4.69, 9.17) is 14.8 Å². The van der Waals surface area contributed by atoms with E-state index in [1.54, 1.807) is 0 Å². The van der Waals surface area contributed by atoms with Crippen LogP contribution in [0.4, 0.5) is 0 Å². The van der Waals surface area contributed by atoms with Crippen LogP contribution in [-0.2, 0) is 19.5 Å². The van der Waals surface area contributed by atoms with Gasteiger partial charge >= 0.3 is 0 Å². The van der Waals surface area contributed by atoms with Crippen molar-refractivity contribution < 1.29 is 4.74 Å². The van der Waals surface area contributed by atoms with Crippen molar-refractivity contribution in [1.82, 2.24) is 20.1 Å². The fourth-order valence-corrected chi connectivity index (χ4v) is 3.92. The molecule has 0 amide bonds. The number of rotatable bonds is 1. The van der Waals surface area contributed by atoms with Gasteiger partial charge in [0.1, 0.15) is 17.5 Å². The molecular formula is C20H22N4O. The van der Waals surface area contributed by atoms with Crippen LogP contribution in [0.5, 0.6) is 5.75 Å². The maximum atomic E-state index is 5.90. The number of benzene rings is 1. The molecule has 1 atom stereocenters. The molecule has 2 aromatic heterocycles. The van der Waals surface area contributed by atoms with Crippen molar-refractivity contribution in [3.05, 3.63) is 41.1 Å². The van der Waals surface area contributed by atoms with Crippen LogP contribution >= 0.6 is 0 Å². The average Bonchev–Trinajstić information content (AvgIpc) is 3.08. The molecule has 4 heterocycles. The lowest BCUT2D eigenvalue weighted by Crippen LogP contribution is -2.11. The summed E-state index contributed by atoms with van der Waals surface area (Å²) in [6.45, 7) is 7.15. The van der Waals surface area contributed by atoms with Crippen LogP contribution in [0.2, 0.25) is 0 Å². The Morgan fingerprint density at radius 2 is 2.12 bits per heavy atom. The van der Waals surface area contributed by atoms with Crippen LogP contribution in [0.3, 0.4) is 0 Å². The van der Waals surface area contributed by atoms with E-state index in [1.807, 2.05) is 0 Å². The minimum absolute atomic E-state index is 0.253. The van der Waals surface area contributed by atoms with Crippen molar-refractivity contribution in [3.8, 4) is 17.1 Å². The number of pyridine rings is 1. The van der Waals surface area contributed by atoms with Gasteiger partial charge in [0.15, 0.2) is 0 Å². The second kappa shape index (κ2) is 5.56. The lowest BCUT2D eigenvalue weighted by Gasteiger charge is -2.08. The summed E-state index contributed by atoms with van der Waals surface area (Å²) < 4.78 is 8.02. The van der Waals surface area contributed by atoms with E-state index >= 15 is 0 Å². The maximum absolute atomic E-state index is 5.90. The van der Waals surface area contributed by atoms with E-state index < -0.39 is 0 Å². The molecule has 128 valence electrons. The third kappa shape index (κ3) is 2.50. The summed E-state index contributed by atoms with van der Waals surface area (Å²) >= 11 is 0. The highest BCUT2D eigenvalue weighted by Crippen LogP contribution is 2.34. The maximum Gasteiger partial charge on any atom is 0.123 e. The van der Waals surface area contributed by atoms with Gasteiger partial charge in [-0.25, -0.2) is 4.98 Å². The molecule has 0 fully saturated rings. The van der Waals surface area contributed by atoms with Crippen molar-refractivity contribution in [1.29, 1.82) is 0 Å². The van der Waals surface area contributed by atoms with Gasteiger partial charge in [0.05, 0.1) is 16.9 Å². The summed E-state index contributed by atoms with van der Waals surface area (Å²) in [5, 5.41) is 9.42. The monoisotopic (exact) mass is 334 g/mol. The zero-order chi connectivity index (χ0) is 17.0. The molecule has 0 aliphatic carbocycles. The topological polar surface area (TPSA) is 52.0 Å². The molecule has 5 rings (SSSR count). The molecule has 2 aliphatic rings. The van der Waals surface area contributed by atoms with E-state index in [2.05, 4.69) is 48.1 Å². The highest BCUT2D eigenvalue weighted by atomic mass is 16.5. The van der Waals surface area contributed by atoms with Gasteiger partial charge in [-0.1, -0.05) is 0 Å². The van der Waals surface area contributed by atoms with Gasteiger partial charge in [0.25, 0.3) is 0 Å². The van der Waals surface area contributed by atoms with Gasteiger partial charge in [-0.05, 0) is 62.2 Å².